The molecule has 0 unspecified atom stereocenters. The Balaban J connectivity index is 2.19. The lowest BCUT2D eigenvalue weighted by molar-refractivity contribution is 0.437. The maximum Gasteiger partial charge on any atom is 0.125 e. The quantitative estimate of drug-likeness (QED) is 0.646. The SMILES string of the molecule is NC(=Nc1cc(F)ccc1Br)C1CCCCC1. The van der Waals surface area contributed by atoms with Crippen molar-refractivity contribution in [1.82, 2.24) is 0 Å². The van der Waals surface area contributed by atoms with Gasteiger partial charge in [0.25, 0.3) is 0 Å². The second kappa shape index (κ2) is 5.63. The van der Waals surface area contributed by atoms with E-state index < -0.39 is 0 Å². The van der Waals surface area contributed by atoms with E-state index in [0.29, 0.717) is 17.4 Å². The Morgan fingerprint density at radius 3 is 2.71 bits per heavy atom. The van der Waals surface area contributed by atoms with Crippen molar-refractivity contribution < 1.29 is 4.39 Å². The van der Waals surface area contributed by atoms with E-state index in [9.17, 15) is 4.39 Å². The van der Waals surface area contributed by atoms with Gasteiger partial charge in [-0.25, -0.2) is 9.38 Å². The van der Waals surface area contributed by atoms with Crippen molar-refractivity contribution in [3.8, 4) is 0 Å². The summed E-state index contributed by atoms with van der Waals surface area (Å²) in [6, 6.07) is 4.46. The number of amidine groups is 1. The fraction of sp³-hybridized carbons (Fsp3) is 0.462. The zero-order valence-electron chi connectivity index (χ0n) is 9.63. The fourth-order valence-electron chi connectivity index (χ4n) is 2.20. The third-order valence-electron chi connectivity index (χ3n) is 3.18. The first-order chi connectivity index (χ1) is 8.16. The van der Waals surface area contributed by atoms with Crippen LogP contribution in [-0.2, 0) is 0 Å². The van der Waals surface area contributed by atoms with E-state index in [4.69, 9.17) is 5.73 Å². The summed E-state index contributed by atoms with van der Waals surface area (Å²) in [5, 5.41) is 0. The Hall–Kier alpha value is -0.900. The second-order valence-electron chi connectivity index (χ2n) is 4.47. The molecule has 2 nitrogen and oxygen atoms in total. The molecule has 0 aliphatic heterocycles. The van der Waals surface area contributed by atoms with Crippen LogP contribution in [0.2, 0.25) is 0 Å². The van der Waals surface area contributed by atoms with Gasteiger partial charge in [-0.15, -0.1) is 0 Å². The van der Waals surface area contributed by atoms with Crippen LogP contribution in [0.5, 0.6) is 0 Å². The molecule has 17 heavy (non-hydrogen) atoms. The first-order valence-electron chi connectivity index (χ1n) is 5.96. The molecule has 2 N–H and O–H groups in total. The zero-order valence-corrected chi connectivity index (χ0v) is 11.2. The summed E-state index contributed by atoms with van der Waals surface area (Å²) in [5.41, 5.74) is 6.58. The highest BCUT2D eigenvalue weighted by Gasteiger charge is 2.17. The lowest BCUT2D eigenvalue weighted by atomic mass is 9.88. The molecule has 0 atom stereocenters. The zero-order chi connectivity index (χ0) is 12.3. The summed E-state index contributed by atoms with van der Waals surface area (Å²) < 4.78 is 13.9. The van der Waals surface area contributed by atoms with Gasteiger partial charge in [-0.3, -0.25) is 0 Å². The first-order valence-corrected chi connectivity index (χ1v) is 6.75. The fourth-order valence-corrected chi connectivity index (χ4v) is 2.54. The standard InChI is InChI=1S/C13H16BrFN2/c14-11-7-6-10(15)8-12(11)17-13(16)9-4-2-1-3-5-9/h6-9H,1-5H2,(H2,16,17). The van der Waals surface area contributed by atoms with Crippen LogP contribution in [0.4, 0.5) is 10.1 Å². The summed E-state index contributed by atoms with van der Waals surface area (Å²) in [6.45, 7) is 0. The van der Waals surface area contributed by atoms with Crippen molar-refractivity contribution in [3.63, 3.8) is 0 Å². The van der Waals surface area contributed by atoms with Gasteiger partial charge >= 0.3 is 0 Å². The van der Waals surface area contributed by atoms with Crippen molar-refractivity contribution in [1.29, 1.82) is 0 Å². The van der Waals surface area contributed by atoms with Gasteiger partial charge in [-0.2, -0.15) is 0 Å². The van der Waals surface area contributed by atoms with E-state index in [2.05, 4.69) is 20.9 Å². The first kappa shape index (κ1) is 12.6. The highest BCUT2D eigenvalue weighted by molar-refractivity contribution is 9.10. The molecule has 4 heteroatoms. The number of nitrogens with two attached hydrogens (primary N) is 1. The van der Waals surface area contributed by atoms with Gasteiger partial charge in [0.05, 0.1) is 5.69 Å². The molecule has 0 aromatic heterocycles. The number of hydrogen-bond acceptors (Lipinski definition) is 1. The van der Waals surface area contributed by atoms with E-state index in [1.807, 2.05) is 0 Å². The third kappa shape index (κ3) is 3.28. The summed E-state index contributed by atoms with van der Waals surface area (Å²) >= 11 is 3.35. The maximum absolute atomic E-state index is 13.1. The molecule has 2 rings (SSSR count). The summed E-state index contributed by atoms with van der Waals surface area (Å²) in [7, 11) is 0. The molecular weight excluding hydrogens is 283 g/mol. The third-order valence-corrected chi connectivity index (χ3v) is 3.85. The normalized spacial score (nSPS) is 18.4. The highest BCUT2D eigenvalue weighted by atomic mass is 79.9. The molecule has 1 aromatic carbocycles. The Morgan fingerprint density at radius 1 is 1.29 bits per heavy atom. The van der Waals surface area contributed by atoms with E-state index in [-0.39, 0.29) is 5.82 Å². The molecule has 1 fully saturated rings. The minimum Gasteiger partial charge on any atom is -0.387 e. The number of rotatable bonds is 2. The minimum atomic E-state index is -0.289. The van der Waals surface area contributed by atoms with Crippen LogP contribution in [-0.4, -0.2) is 5.84 Å². The lowest BCUT2D eigenvalue weighted by Crippen LogP contribution is -2.25. The van der Waals surface area contributed by atoms with Gasteiger partial charge in [0.2, 0.25) is 0 Å². The second-order valence-corrected chi connectivity index (χ2v) is 5.32. The van der Waals surface area contributed by atoms with E-state index in [0.717, 1.165) is 17.3 Å². The van der Waals surface area contributed by atoms with Gasteiger partial charge in [-0.05, 0) is 40.9 Å². The molecule has 92 valence electrons. The molecule has 0 saturated heterocycles. The van der Waals surface area contributed by atoms with Crippen LogP contribution in [0.25, 0.3) is 0 Å². The lowest BCUT2D eigenvalue weighted by Gasteiger charge is -2.20. The van der Waals surface area contributed by atoms with Crippen molar-refractivity contribution in [2.45, 2.75) is 32.1 Å². The van der Waals surface area contributed by atoms with Crippen LogP contribution < -0.4 is 5.73 Å². The summed E-state index contributed by atoms with van der Waals surface area (Å²) in [6.07, 6.45) is 5.91. The van der Waals surface area contributed by atoms with Gasteiger partial charge < -0.3 is 5.73 Å². The van der Waals surface area contributed by atoms with Gasteiger partial charge in [-0.1, -0.05) is 19.3 Å². The van der Waals surface area contributed by atoms with Crippen LogP contribution >= 0.6 is 15.9 Å². The molecular formula is C13H16BrFN2. The predicted molar refractivity (Wildman–Crippen MR) is 72.0 cm³/mol. The average molecular weight is 299 g/mol. The number of halogens is 2. The Morgan fingerprint density at radius 2 is 2.00 bits per heavy atom. The largest absolute Gasteiger partial charge is 0.387 e. The van der Waals surface area contributed by atoms with E-state index in [1.54, 1.807) is 6.07 Å². The molecule has 1 aliphatic carbocycles. The van der Waals surface area contributed by atoms with Gasteiger partial charge in [0.15, 0.2) is 0 Å². The van der Waals surface area contributed by atoms with Crippen molar-refractivity contribution in [2.24, 2.45) is 16.6 Å². The number of aliphatic imine (C=N–C) groups is 1. The van der Waals surface area contributed by atoms with Crippen molar-refractivity contribution in [3.05, 3.63) is 28.5 Å². The number of hydrogen-bond donors (Lipinski definition) is 1. The Kier molecular flexibility index (Phi) is 4.15. The average Bonchev–Trinajstić information content (AvgIpc) is 2.35. The monoisotopic (exact) mass is 298 g/mol. The molecule has 1 aliphatic rings. The molecule has 0 spiro atoms. The van der Waals surface area contributed by atoms with Crippen LogP contribution in [0, 0.1) is 11.7 Å². The molecule has 0 radical (unpaired) electrons. The maximum atomic E-state index is 13.1. The summed E-state index contributed by atoms with van der Waals surface area (Å²) in [4.78, 5) is 4.35. The minimum absolute atomic E-state index is 0.289. The van der Waals surface area contributed by atoms with E-state index >= 15 is 0 Å². The Bertz CT molecular complexity index is 425. The van der Waals surface area contributed by atoms with E-state index in [1.165, 1.54) is 31.4 Å². The van der Waals surface area contributed by atoms with Crippen LogP contribution in [0.3, 0.4) is 0 Å². The molecule has 0 bridgehead atoms. The number of benzene rings is 1. The Labute approximate surface area is 109 Å². The van der Waals surface area contributed by atoms with Crippen molar-refractivity contribution in [2.75, 3.05) is 0 Å². The topological polar surface area (TPSA) is 38.4 Å². The highest BCUT2D eigenvalue weighted by Crippen LogP contribution is 2.29. The molecule has 1 aromatic rings. The van der Waals surface area contributed by atoms with Crippen LogP contribution in [0.1, 0.15) is 32.1 Å². The van der Waals surface area contributed by atoms with Gasteiger partial charge in [0.1, 0.15) is 11.7 Å². The molecule has 0 amide bonds. The molecule has 0 heterocycles. The molecule has 1 saturated carbocycles. The summed E-state index contributed by atoms with van der Waals surface area (Å²) in [5.74, 6) is 0.707. The smallest absolute Gasteiger partial charge is 0.125 e. The predicted octanol–water partition coefficient (Wildman–Crippen LogP) is 4.16. The van der Waals surface area contributed by atoms with Gasteiger partial charge in [0, 0.05) is 16.5 Å². The number of nitrogens with zero attached hydrogens (tertiary/aromatic N) is 1. The van der Waals surface area contributed by atoms with Crippen LogP contribution in [0.15, 0.2) is 27.7 Å². The van der Waals surface area contributed by atoms with Crippen molar-refractivity contribution >= 4 is 27.5 Å².